The Morgan fingerprint density at radius 1 is 0.800 bits per heavy atom. The van der Waals surface area contributed by atoms with Gasteiger partial charge in [-0.15, -0.1) is 0 Å². The maximum absolute atomic E-state index is 4.54. The highest BCUT2D eigenvalue weighted by Gasteiger charge is 2.07. The van der Waals surface area contributed by atoms with Gasteiger partial charge in [-0.1, -0.05) is 60.7 Å². The Labute approximate surface area is 117 Å². The predicted octanol–water partition coefficient (Wildman–Crippen LogP) is 4.86. The number of para-hydroxylation sites is 1. The van der Waals surface area contributed by atoms with Gasteiger partial charge in [0.2, 0.25) is 0 Å². The number of hydrogen-bond donors (Lipinski definition) is 0. The van der Waals surface area contributed by atoms with Gasteiger partial charge in [0.25, 0.3) is 0 Å². The van der Waals surface area contributed by atoms with Gasteiger partial charge >= 0.3 is 0 Å². The monoisotopic (exact) mass is 254 g/mol. The molecule has 0 spiro atoms. The third kappa shape index (κ3) is 1.68. The van der Waals surface area contributed by atoms with E-state index in [0.717, 1.165) is 5.52 Å². The van der Waals surface area contributed by atoms with Gasteiger partial charge in [-0.25, -0.2) is 0 Å². The number of fused-ring (bicyclic) bond motifs is 3. The van der Waals surface area contributed by atoms with Crippen LogP contribution in [0.5, 0.6) is 0 Å². The van der Waals surface area contributed by atoms with Crippen molar-refractivity contribution in [1.29, 1.82) is 0 Å². The summed E-state index contributed by atoms with van der Waals surface area (Å²) in [5.41, 5.74) is 3.50. The fraction of sp³-hybridized carbons (Fsp3) is 0. The lowest BCUT2D eigenvalue weighted by Crippen LogP contribution is -1.85. The molecule has 0 saturated carbocycles. The minimum atomic E-state index is 1.04. The Morgan fingerprint density at radius 3 is 2.55 bits per heavy atom. The Balaban J connectivity index is 2.19. The molecule has 0 N–H and O–H groups in total. The summed E-state index contributed by atoms with van der Waals surface area (Å²) in [7, 11) is 0. The lowest BCUT2D eigenvalue weighted by atomic mass is 9.96. The van der Waals surface area contributed by atoms with E-state index in [4.69, 9.17) is 0 Å². The van der Waals surface area contributed by atoms with E-state index in [2.05, 4.69) is 59.6 Å². The van der Waals surface area contributed by atoms with Crippen LogP contribution in [0.1, 0.15) is 0 Å². The van der Waals surface area contributed by atoms with Crippen LogP contribution >= 0.6 is 0 Å². The molecule has 93 valence electrons. The zero-order chi connectivity index (χ0) is 13.4. The first kappa shape index (κ1) is 11.2. The standard InChI is InChI=1S/C19H12N/c1-2-7-14(8-3-1)16-11-6-9-15-13-20-18-12-5-4-10-17(18)19(15)16/h2-13H. The van der Waals surface area contributed by atoms with Crippen molar-refractivity contribution in [2.75, 3.05) is 0 Å². The molecule has 0 bridgehead atoms. The molecule has 1 heterocycles. The topological polar surface area (TPSA) is 12.9 Å². The first-order chi connectivity index (χ1) is 9.93. The molecule has 1 heteroatoms. The van der Waals surface area contributed by atoms with Crippen LogP contribution < -0.4 is 0 Å². The van der Waals surface area contributed by atoms with E-state index in [1.807, 2.05) is 24.4 Å². The summed E-state index contributed by atoms with van der Waals surface area (Å²) in [4.78, 5) is 4.54. The van der Waals surface area contributed by atoms with Crippen molar-refractivity contribution in [3.05, 3.63) is 79.0 Å². The van der Waals surface area contributed by atoms with Crippen molar-refractivity contribution in [3.8, 4) is 11.1 Å². The van der Waals surface area contributed by atoms with Crippen LogP contribution in [0, 0.1) is 6.07 Å². The van der Waals surface area contributed by atoms with E-state index in [-0.39, 0.29) is 0 Å². The van der Waals surface area contributed by atoms with Crippen molar-refractivity contribution in [1.82, 2.24) is 4.98 Å². The molecule has 0 aliphatic heterocycles. The molecule has 0 amide bonds. The second-order valence-corrected chi connectivity index (χ2v) is 4.83. The van der Waals surface area contributed by atoms with Crippen molar-refractivity contribution in [2.45, 2.75) is 0 Å². The summed E-state index contributed by atoms with van der Waals surface area (Å²) in [6.45, 7) is 0. The molecule has 1 radical (unpaired) electrons. The molecule has 0 unspecified atom stereocenters. The van der Waals surface area contributed by atoms with E-state index in [1.165, 1.54) is 27.3 Å². The molecule has 0 atom stereocenters. The SMILES string of the molecule is [c]1ccc(-c2cccc3cnc4ccccc4c23)cc1. The van der Waals surface area contributed by atoms with Crippen LogP contribution in [0.4, 0.5) is 0 Å². The second kappa shape index (κ2) is 4.46. The zero-order valence-corrected chi connectivity index (χ0v) is 10.9. The number of pyridine rings is 1. The van der Waals surface area contributed by atoms with Gasteiger partial charge in [0, 0.05) is 22.4 Å². The highest BCUT2D eigenvalue weighted by Crippen LogP contribution is 2.33. The maximum Gasteiger partial charge on any atom is 0.0708 e. The highest BCUT2D eigenvalue weighted by molar-refractivity contribution is 6.12. The number of rotatable bonds is 1. The molecule has 0 aliphatic rings. The minimum absolute atomic E-state index is 1.04. The third-order valence-electron chi connectivity index (χ3n) is 3.64. The lowest BCUT2D eigenvalue weighted by molar-refractivity contribution is 1.44. The summed E-state index contributed by atoms with van der Waals surface area (Å²) >= 11 is 0. The molecule has 3 aromatic carbocycles. The maximum atomic E-state index is 4.54. The number of nitrogens with zero attached hydrogens (tertiary/aromatic N) is 1. The average molecular weight is 254 g/mol. The van der Waals surface area contributed by atoms with E-state index in [1.54, 1.807) is 0 Å². The van der Waals surface area contributed by atoms with Crippen LogP contribution in [0.2, 0.25) is 0 Å². The van der Waals surface area contributed by atoms with E-state index in [0.29, 0.717) is 0 Å². The first-order valence-electron chi connectivity index (χ1n) is 6.66. The van der Waals surface area contributed by atoms with E-state index in [9.17, 15) is 0 Å². The van der Waals surface area contributed by atoms with Crippen LogP contribution in [-0.4, -0.2) is 4.98 Å². The molecule has 4 aromatic rings. The Hall–Kier alpha value is -2.67. The molecule has 0 aliphatic carbocycles. The zero-order valence-electron chi connectivity index (χ0n) is 10.9. The van der Waals surface area contributed by atoms with Crippen molar-refractivity contribution in [2.24, 2.45) is 0 Å². The summed E-state index contributed by atoms with van der Waals surface area (Å²) in [5, 5.41) is 3.65. The molecular weight excluding hydrogens is 242 g/mol. The molecular formula is C19H12N. The van der Waals surface area contributed by atoms with Gasteiger partial charge in [-0.2, -0.15) is 0 Å². The van der Waals surface area contributed by atoms with Gasteiger partial charge in [-0.3, -0.25) is 4.98 Å². The quantitative estimate of drug-likeness (QED) is 0.442. The van der Waals surface area contributed by atoms with Crippen molar-refractivity contribution < 1.29 is 0 Å². The molecule has 4 rings (SSSR count). The van der Waals surface area contributed by atoms with Crippen LogP contribution in [0.15, 0.2) is 72.9 Å². The Bertz CT molecular complexity index is 895. The van der Waals surface area contributed by atoms with Gasteiger partial charge < -0.3 is 0 Å². The molecule has 0 fully saturated rings. The fourth-order valence-corrected chi connectivity index (χ4v) is 2.72. The van der Waals surface area contributed by atoms with Crippen molar-refractivity contribution >= 4 is 21.7 Å². The van der Waals surface area contributed by atoms with Gasteiger partial charge in [0.05, 0.1) is 5.52 Å². The van der Waals surface area contributed by atoms with Crippen LogP contribution in [0.25, 0.3) is 32.8 Å². The number of hydrogen-bond acceptors (Lipinski definition) is 1. The van der Waals surface area contributed by atoms with Gasteiger partial charge in [-0.05, 0) is 23.3 Å². The summed E-state index contributed by atoms with van der Waals surface area (Å²) < 4.78 is 0. The number of benzene rings is 3. The fourth-order valence-electron chi connectivity index (χ4n) is 2.72. The molecule has 1 aromatic heterocycles. The third-order valence-corrected chi connectivity index (χ3v) is 3.64. The van der Waals surface area contributed by atoms with Crippen LogP contribution in [-0.2, 0) is 0 Å². The van der Waals surface area contributed by atoms with Gasteiger partial charge in [0.15, 0.2) is 0 Å². The normalized spacial score (nSPS) is 11.0. The molecule has 0 saturated heterocycles. The Kier molecular flexibility index (Phi) is 2.49. The second-order valence-electron chi connectivity index (χ2n) is 4.83. The van der Waals surface area contributed by atoms with Crippen molar-refractivity contribution in [3.63, 3.8) is 0 Å². The predicted molar refractivity (Wildman–Crippen MR) is 83.5 cm³/mol. The van der Waals surface area contributed by atoms with E-state index >= 15 is 0 Å². The smallest absolute Gasteiger partial charge is 0.0708 e. The van der Waals surface area contributed by atoms with Gasteiger partial charge in [0.1, 0.15) is 0 Å². The lowest BCUT2D eigenvalue weighted by Gasteiger charge is -2.09. The summed E-state index contributed by atoms with van der Waals surface area (Å²) in [5.74, 6) is 0. The average Bonchev–Trinajstić information content (AvgIpc) is 2.55. The first-order valence-corrected chi connectivity index (χ1v) is 6.66. The Morgan fingerprint density at radius 2 is 1.65 bits per heavy atom. The summed E-state index contributed by atoms with van der Waals surface area (Å²) in [6, 6.07) is 25.9. The molecule has 20 heavy (non-hydrogen) atoms. The van der Waals surface area contributed by atoms with Crippen LogP contribution in [0.3, 0.4) is 0 Å². The molecule has 1 nitrogen and oxygen atoms in total. The van der Waals surface area contributed by atoms with E-state index < -0.39 is 0 Å². The number of aromatic nitrogens is 1. The summed E-state index contributed by atoms with van der Waals surface area (Å²) in [6.07, 6.45) is 1.95. The highest BCUT2D eigenvalue weighted by atomic mass is 14.6. The largest absolute Gasteiger partial charge is 0.256 e. The minimum Gasteiger partial charge on any atom is -0.256 e.